The zero-order valence-corrected chi connectivity index (χ0v) is 16.6. The number of aryl methyl sites for hydroxylation is 1. The van der Waals surface area contributed by atoms with E-state index in [0.717, 1.165) is 16.8 Å². The Kier molecular flexibility index (Phi) is 6.38. The zero-order chi connectivity index (χ0) is 19.2. The Balaban J connectivity index is 1.77. The van der Waals surface area contributed by atoms with E-state index in [9.17, 15) is 0 Å². The van der Waals surface area contributed by atoms with Gasteiger partial charge in [0.15, 0.2) is 11.5 Å². The number of hydrogen-bond acceptors (Lipinski definition) is 3. The molecule has 0 aliphatic rings. The normalized spacial score (nSPS) is 11.0. The molecule has 0 N–H and O–H groups in total. The summed E-state index contributed by atoms with van der Waals surface area (Å²) in [4.78, 5) is 4.47. The summed E-state index contributed by atoms with van der Waals surface area (Å²) in [6.45, 7) is 2.41. The topological polar surface area (TPSA) is 30.8 Å². The molecule has 3 aromatic carbocycles. The van der Waals surface area contributed by atoms with Crippen LogP contribution >= 0.6 is 23.2 Å². The molecule has 3 aromatic rings. The van der Waals surface area contributed by atoms with Gasteiger partial charge in [0, 0.05) is 11.2 Å². The van der Waals surface area contributed by atoms with Gasteiger partial charge in [-0.15, -0.1) is 0 Å². The Hall–Kier alpha value is -2.49. The third-order valence-electron chi connectivity index (χ3n) is 3.94. The summed E-state index contributed by atoms with van der Waals surface area (Å²) in [6.07, 6.45) is 1.75. The summed E-state index contributed by atoms with van der Waals surface area (Å²) in [7, 11) is 1.59. The second kappa shape index (κ2) is 8.94. The van der Waals surface area contributed by atoms with Crippen molar-refractivity contribution in [3.05, 3.63) is 87.4 Å². The van der Waals surface area contributed by atoms with Crippen LogP contribution in [0.15, 0.2) is 65.7 Å². The fourth-order valence-corrected chi connectivity index (χ4v) is 2.87. The number of aliphatic imine (C=N–C) groups is 1. The summed E-state index contributed by atoms with van der Waals surface area (Å²) in [5.41, 5.74) is 3.89. The number of hydrogen-bond donors (Lipinski definition) is 0. The fourth-order valence-electron chi connectivity index (χ4n) is 2.47. The molecule has 0 saturated heterocycles. The lowest BCUT2D eigenvalue weighted by atomic mass is 10.2. The molecule has 0 saturated carbocycles. The van der Waals surface area contributed by atoms with Crippen LogP contribution in [0.1, 0.15) is 16.7 Å². The minimum atomic E-state index is 0.365. The van der Waals surface area contributed by atoms with Crippen LogP contribution in [-0.4, -0.2) is 13.3 Å². The van der Waals surface area contributed by atoms with E-state index in [4.69, 9.17) is 32.7 Å². The molecule has 0 spiro atoms. The summed E-state index contributed by atoms with van der Waals surface area (Å²) in [5, 5.41) is 1.15. The molecule has 0 aromatic heterocycles. The highest BCUT2D eigenvalue weighted by molar-refractivity contribution is 6.32. The maximum atomic E-state index is 6.42. The van der Waals surface area contributed by atoms with E-state index in [1.807, 2.05) is 61.5 Å². The Bertz CT molecular complexity index is 936. The van der Waals surface area contributed by atoms with Crippen molar-refractivity contribution in [1.82, 2.24) is 0 Å². The molecule has 3 rings (SSSR count). The molecule has 0 unspecified atom stereocenters. The van der Waals surface area contributed by atoms with Crippen molar-refractivity contribution in [2.75, 3.05) is 7.11 Å². The molecule has 0 aliphatic heterocycles. The minimum Gasteiger partial charge on any atom is -0.493 e. The zero-order valence-electron chi connectivity index (χ0n) is 15.1. The van der Waals surface area contributed by atoms with Gasteiger partial charge in [0.05, 0.1) is 17.8 Å². The van der Waals surface area contributed by atoms with E-state index >= 15 is 0 Å². The quantitative estimate of drug-likeness (QED) is 0.434. The highest BCUT2D eigenvalue weighted by Crippen LogP contribution is 2.36. The predicted molar refractivity (Wildman–Crippen MR) is 112 cm³/mol. The van der Waals surface area contributed by atoms with Crippen LogP contribution in [0.2, 0.25) is 10.0 Å². The highest BCUT2D eigenvalue weighted by Gasteiger charge is 2.12. The van der Waals surface area contributed by atoms with Gasteiger partial charge in [-0.3, -0.25) is 4.99 Å². The second-order valence-corrected chi connectivity index (χ2v) is 6.89. The number of methoxy groups -OCH3 is 1. The molecule has 0 bridgehead atoms. The van der Waals surface area contributed by atoms with Crippen molar-refractivity contribution < 1.29 is 9.47 Å². The van der Waals surface area contributed by atoms with Gasteiger partial charge in [-0.25, -0.2) is 0 Å². The third-order valence-corrected chi connectivity index (χ3v) is 4.48. The lowest BCUT2D eigenvalue weighted by molar-refractivity contribution is 0.284. The molecule has 0 atom stereocenters. The van der Waals surface area contributed by atoms with Crippen LogP contribution in [0.25, 0.3) is 0 Å². The van der Waals surface area contributed by atoms with Crippen LogP contribution in [0.4, 0.5) is 5.69 Å². The fraction of sp³-hybridized carbons (Fsp3) is 0.136. The number of rotatable bonds is 6. The first-order valence-electron chi connectivity index (χ1n) is 8.40. The molecule has 0 radical (unpaired) electrons. The summed E-state index contributed by atoms with van der Waals surface area (Å²) in [6, 6.07) is 19.1. The molecule has 0 aliphatic carbocycles. The number of nitrogens with zero attached hydrogens (tertiary/aromatic N) is 1. The van der Waals surface area contributed by atoms with Crippen molar-refractivity contribution in [3.8, 4) is 11.5 Å². The highest BCUT2D eigenvalue weighted by atomic mass is 35.5. The number of ether oxygens (including phenoxy) is 2. The molecule has 0 fully saturated rings. The van der Waals surface area contributed by atoms with Gasteiger partial charge in [0.1, 0.15) is 6.61 Å². The van der Waals surface area contributed by atoms with Gasteiger partial charge >= 0.3 is 0 Å². The first-order valence-corrected chi connectivity index (χ1v) is 9.16. The molecule has 5 heteroatoms. The molecule has 3 nitrogen and oxygen atoms in total. The standard InChI is InChI=1S/C22H19Cl2NO2/c1-15-3-9-19(10-4-15)25-13-17-11-20(24)22(21(12-17)26-2)27-14-16-5-7-18(23)8-6-16/h3-13H,14H2,1-2H3. The smallest absolute Gasteiger partial charge is 0.180 e. The largest absolute Gasteiger partial charge is 0.493 e. The van der Waals surface area contributed by atoms with Gasteiger partial charge in [-0.2, -0.15) is 0 Å². The van der Waals surface area contributed by atoms with E-state index in [1.54, 1.807) is 19.4 Å². The summed E-state index contributed by atoms with van der Waals surface area (Å²) < 4.78 is 11.3. The first kappa shape index (κ1) is 19.3. The van der Waals surface area contributed by atoms with Crippen molar-refractivity contribution >= 4 is 35.1 Å². The van der Waals surface area contributed by atoms with E-state index in [1.165, 1.54) is 5.56 Å². The average molecular weight is 400 g/mol. The van der Waals surface area contributed by atoms with E-state index < -0.39 is 0 Å². The lowest BCUT2D eigenvalue weighted by Gasteiger charge is -2.13. The van der Waals surface area contributed by atoms with Crippen LogP contribution in [0.5, 0.6) is 11.5 Å². The Morgan fingerprint density at radius 1 is 0.963 bits per heavy atom. The predicted octanol–water partition coefficient (Wildman–Crippen LogP) is 6.64. The minimum absolute atomic E-state index is 0.365. The molecule has 138 valence electrons. The van der Waals surface area contributed by atoms with Crippen molar-refractivity contribution in [2.45, 2.75) is 13.5 Å². The third kappa shape index (κ3) is 5.25. The van der Waals surface area contributed by atoms with Crippen molar-refractivity contribution in [1.29, 1.82) is 0 Å². The molecule has 0 amide bonds. The van der Waals surface area contributed by atoms with Crippen molar-refractivity contribution in [2.24, 2.45) is 4.99 Å². The van der Waals surface area contributed by atoms with Crippen LogP contribution in [0.3, 0.4) is 0 Å². The van der Waals surface area contributed by atoms with Gasteiger partial charge in [0.2, 0.25) is 0 Å². The van der Waals surface area contributed by atoms with Gasteiger partial charge < -0.3 is 9.47 Å². The van der Waals surface area contributed by atoms with Crippen molar-refractivity contribution in [3.63, 3.8) is 0 Å². The van der Waals surface area contributed by atoms with Crippen LogP contribution < -0.4 is 9.47 Å². The molecule has 27 heavy (non-hydrogen) atoms. The Labute approximate surface area is 169 Å². The maximum absolute atomic E-state index is 6.42. The monoisotopic (exact) mass is 399 g/mol. The van der Waals surface area contributed by atoms with E-state index in [0.29, 0.717) is 28.2 Å². The molecular formula is C22H19Cl2NO2. The average Bonchev–Trinajstić information content (AvgIpc) is 2.67. The Morgan fingerprint density at radius 3 is 2.33 bits per heavy atom. The van der Waals surface area contributed by atoms with Crippen LogP contribution in [-0.2, 0) is 6.61 Å². The second-order valence-electron chi connectivity index (χ2n) is 6.04. The first-order chi connectivity index (χ1) is 13.0. The van der Waals surface area contributed by atoms with Gasteiger partial charge in [-0.05, 0) is 54.4 Å². The van der Waals surface area contributed by atoms with Crippen LogP contribution in [0, 0.1) is 6.92 Å². The van der Waals surface area contributed by atoms with E-state index in [2.05, 4.69) is 4.99 Å². The molecular weight excluding hydrogens is 381 g/mol. The molecule has 0 heterocycles. The Morgan fingerprint density at radius 2 is 1.67 bits per heavy atom. The summed E-state index contributed by atoms with van der Waals surface area (Å²) in [5.74, 6) is 1.06. The number of benzene rings is 3. The van der Waals surface area contributed by atoms with Gasteiger partial charge in [-0.1, -0.05) is 53.0 Å². The number of halogens is 2. The lowest BCUT2D eigenvalue weighted by Crippen LogP contribution is -1.99. The summed E-state index contributed by atoms with van der Waals surface area (Å²) >= 11 is 12.3. The maximum Gasteiger partial charge on any atom is 0.180 e. The van der Waals surface area contributed by atoms with Gasteiger partial charge in [0.25, 0.3) is 0 Å². The SMILES string of the molecule is COc1cc(C=Nc2ccc(C)cc2)cc(Cl)c1OCc1ccc(Cl)cc1. The van der Waals surface area contributed by atoms with E-state index in [-0.39, 0.29) is 0 Å².